The molecule has 0 N–H and O–H groups in total. The monoisotopic (exact) mass is 468 g/mol. The molecule has 2 aromatic carbocycles. The summed E-state index contributed by atoms with van der Waals surface area (Å²) in [6.07, 6.45) is 0. The standard InChI is InChI=1S/C21H25FN2O5S2/c1-29-16-6-8-17(9-7-16)31(27,28)21-15-30(25,26)14-20(21)24-12-10-23(11-13-24)19-5-3-2-4-18(19)22/h2-9,20-21H,10-15H2,1H3/t20-,21-/m0/s1. The molecule has 2 atom stereocenters. The molecule has 2 aromatic rings. The number of rotatable bonds is 5. The third kappa shape index (κ3) is 4.42. The second kappa shape index (κ2) is 8.40. The first-order valence-electron chi connectivity index (χ1n) is 10.0. The van der Waals surface area contributed by atoms with Crippen LogP contribution < -0.4 is 9.64 Å². The van der Waals surface area contributed by atoms with Gasteiger partial charge in [-0.2, -0.15) is 0 Å². The molecule has 0 spiro atoms. The molecule has 2 aliphatic heterocycles. The van der Waals surface area contributed by atoms with E-state index in [0.29, 0.717) is 37.6 Å². The van der Waals surface area contributed by atoms with E-state index in [2.05, 4.69) is 0 Å². The van der Waals surface area contributed by atoms with Crippen LogP contribution in [0.1, 0.15) is 0 Å². The average Bonchev–Trinajstić information content (AvgIpc) is 3.10. The Morgan fingerprint density at radius 3 is 2.23 bits per heavy atom. The molecule has 7 nitrogen and oxygen atoms in total. The largest absolute Gasteiger partial charge is 0.497 e. The van der Waals surface area contributed by atoms with Crippen LogP contribution in [0.2, 0.25) is 0 Å². The maximum atomic E-state index is 14.1. The maximum absolute atomic E-state index is 14.1. The second-order valence-electron chi connectivity index (χ2n) is 7.88. The van der Waals surface area contributed by atoms with E-state index in [9.17, 15) is 21.2 Å². The fourth-order valence-corrected chi connectivity index (χ4v) is 9.21. The van der Waals surface area contributed by atoms with Crippen molar-refractivity contribution in [1.29, 1.82) is 0 Å². The zero-order chi connectivity index (χ0) is 22.2. The minimum absolute atomic E-state index is 0.0883. The Morgan fingerprint density at radius 1 is 0.968 bits per heavy atom. The number of ether oxygens (including phenoxy) is 1. The fraction of sp³-hybridized carbons (Fsp3) is 0.429. The fourth-order valence-electron chi connectivity index (χ4n) is 4.38. The Bertz CT molecular complexity index is 1140. The number of nitrogens with zero attached hydrogens (tertiary/aromatic N) is 2. The quantitative estimate of drug-likeness (QED) is 0.659. The number of benzene rings is 2. The Kier molecular flexibility index (Phi) is 5.97. The molecule has 10 heteroatoms. The Morgan fingerprint density at radius 2 is 1.61 bits per heavy atom. The summed E-state index contributed by atoms with van der Waals surface area (Å²) in [6, 6.07) is 11.9. The molecule has 0 aliphatic carbocycles. The van der Waals surface area contributed by atoms with Crippen molar-refractivity contribution < 1.29 is 26.0 Å². The Balaban J connectivity index is 1.55. The number of hydrogen-bond donors (Lipinski definition) is 0. The van der Waals surface area contributed by atoms with Gasteiger partial charge in [0.25, 0.3) is 0 Å². The van der Waals surface area contributed by atoms with E-state index in [1.807, 2.05) is 9.80 Å². The molecule has 2 fully saturated rings. The number of sulfone groups is 2. The molecule has 168 valence electrons. The molecule has 2 aliphatic rings. The maximum Gasteiger partial charge on any atom is 0.183 e. The molecule has 2 heterocycles. The van der Waals surface area contributed by atoms with Crippen LogP contribution in [0.15, 0.2) is 53.4 Å². The van der Waals surface area contributed by atoms with Crippen LogP contribution in [-0.2, 0) is 19.7 Å². The van der Waals surface area contributed by atoms with Gasteiger partial charge in [-0.1, -0.05) is 12.1 Å². The lowest BCUT2D eigenvalue weighted by atomic mass is 10.1. The van der Waals surface area contributed by atoms with Gasteiger partial charge in [0.05, 0.1) is 34.4 Å². The minimum Gasteiger partial charge on any atom is -0.497 e. The van der Waals surface area contributed by atoms with Crippen LogP contribution in [0.3, 0.4) is 0 Å². The highest BCUT2D eigenvalue weighted by atomic mass is 32.2. The molecule has 0 unspecified atom stereocenters. The molecular weight excluding hydrogens is 443 g/mol. The first kappa shape index (κ1) is 22.0. The summed E-state index contributed by atoms with van der Waals surface area (Å²) in [4.78, 5) is 3.92. The summed E-state index contributed by atoms with van der Waals surface area (Å²) in [5, 5.41) is -1.04. The van der Waals surface area contributed by atoms with Crippen molar-refractivity contribution in [2.24, 2.45) is 0 Å². The van der Waals surface area contributed by atoms with Crippen LogP contribution in [0.4, 0.5) is 10.1 Å². The average molecular weight is 469 g/mol. The molecule has 31 heavy (non-hydrogen) atoms. The van der Waals surface area contributed by atoms with Gasteiger partial charge in [0.2, 0.25) is 0 Å². The molecule has 0 bridgehead atoms. The predicted molar refractivity (Wildman–Crippen MR) is 117 cm³/mol. The van der Waals surface area contributed by atoms with Gasteiger partial charge in [-0.15, -0.1) is 0 Å². The second-order valence-corrected chi connectivity index (χ2v) is 12.2. The van der Waals surface area contributed by atoms with Crippen molar-refractivity contribution in [3.63, 3.8) is 0 Å². The van der Waals surface area contributed by atoms with Crippen LogP contribution >= 0.6 is 0 Å². The molecule has 4 rings (SSSR count). The number of methoxy groups -OCH3 is 1. The van der Waals surface area contributed by atoms with Gasteiger partial charge in [-0.05, 0) is 36.4 Å². The van der Waals surface area contributed by atoms with Crippen molar-refractivity contribution in [2.75, 3.05) is 49.7 Å². The van der Waals surface area contributed by atoms with Crippen LogP contribution in [0.5, 0.6) is 5.75 Å². The van der Waals surface area contributed by atoms with Crippen LogP contribution in [0.25, 0.3) is 0 Å². The highest BCUT2D eigenvalue weighted by Crippen LogP contribution is 2.31. The molecule has 0 saturated carbocycles. The highest BCUT2D eigenvalue weighted by molar-refractivity contribution is 7.96. The lowest BCUT2D eigenvalue weighted by Gasteiger charge is -2.40. The summed E-state index contributed by atoms with van der Waals surface area (Å²) >= 11 is 0. The predicted octanol–water partition coefficient (Wildman–Crippen LogP) is 1.60. The van der Waals surface area contributed by atoms with Gasteiger partial charge < -0.3 is 9.64 Å². The van der Waals surface area contributed by atoms with Crippen LogP contribution in [0, 0.1) is 5.82 Å². The first-order valence-corrected chi connectivity index (χ1v) is 13.4. The zero-order valence-electron chi connectivity index (χ0n) is 17.1. The van der Waals surface area contributed by atoms with E-state index in [-0.39, 0.29) is 22.2 Å². The molecule has 0 amide bonds. The number of halogens is 1. The number of hydrogen-bond acceptors (Lipinski definition) is 7. The number of para-hydroxylation sites is 1. The van der Waals surface area contributed by atoms with Gasteiger partial charge in [0.1, 0.15) is 11.6 Å². The van der Waals surface area contributed by atoms with Gasteiger partial charge in [-0.25, -0.2) is 21.2 Å². The molecule has 2 saturated heterocycles. The van der Waals surface area contributed by atoms with E-state index in [4.69, 9.17) is 4.74 Å². The van der Waals surface area contributed by atoms with Gasteiger partial charge in [0, 0.05) is 32.2 Å². The molecule has 0 radical (unpaired) electrons. The zero-order valence-corrected chi connectivity index (χ0v) is 18.8. The van der Waals surface area contributed by atoms with Crippen molar-refractivity contribution in [3.05, 3.63) is 54.3 Å². The first-order chi connectivity index (χ1) is 14.7. The van der Waals surface area contributed by atoms with Crippen molar-refractivity contribution in [1.82, 2.24) is 4.90 Å². The van der Waals surface area contributed by atoms with E-state index in [1.54, 1.807) is 30.3 Å². The van der Waals surface area contributed by atoms with E-state index >= 15 is 0 Å². The van der Waals surface area contributed by atoms with Gasteiger partial charge >= 0.3 is 0 Å². The summed E-state index contributed by atoms with van der Waals surface area (Å²) in [5.74, 6) is -0.357. The van der Waals surface area contributed by atoms with Crippen LogP contribution in [-0.4, -0.2) is 77.8 Å². The summed E-state index contributed by atoms with van der Waals surface area (Å²) < 4.78 is 70.7. The Hall–Kier alpha value is -2.17. The van der Waals surface area contributed by atoms with E-state index < -0.39 is 31.0 Å². The number of anilines is 1. The number of piperazine rings is 1. The SMILES string of the molecule is COc1ccc(S(=O)(=O)[C@H]2CS(=O)(=O)C[C@@H]2N2CCN(c3ccccc3F)CC2)cc1. The summed E-state index contributed by atoms with van der Waals surface area (Å²) in [5.41, 5.74) is 0.503. The van der Waals surface area contributed by atoms with Gasteiger partial charge in [-0.3, -0.25) is 4.90 Å². The molecule has 0 aromatic heterocycles. The van der Waals surface area contributed by atoms with E-state index in [1.165, 1.54) is 25.3 Å². The molecular formula is C21H25FN2O5S2. The third-order valence-corrected chi connectivity index (χ3v) is 10.2. The van der Waals surface area contributed by atoms with E-state index in [0.717, 1.165) is 0 Å². The van der Waals surface area contributed by atoms with Crippen molar-refractivity contribution in [3.8, 4) is 5.75 Å². The van der Waals surface area contributed by atoms with Crippen molar-refractivity contribution in [2.45, 2.75) is 16.2 Å². The highest BCUT2D eigenvalue weighted by Gasteiger charge is 2.48. The minimum atomic E-state index is -3.86. The van der Waals surface area contributed by atoms with Gasteiger partial charge in [0.15, 0.2) is 19.7 Å². The lowest BCUT2D eigenvalue weighted by molar-refractivity contribution is 0.201. The Labute approximate surface area is 182 Å². The normalized spacial score (nSPS) is 24.3. The summed E-state index contributed by atoms with van der Waals surface area (Å²) in [7, 11) is -5.85. The third-order valence-electron chi connectivity index (χ3n) is 6.04. The summed E-state index contributed by atoms with van der Waals surface area (Å²) in [6.45, 7) is 1.91. The lowest BCUT2D eigenvalue weighted by Crippen LogP contribution is -2.55. The topological polar surface area (TPSA) is 84.0 Å². The smallest absolute Gasteiger partial charge is 0.183 e. The van der Waals surface area contributed by atoms with Crippen molar-refractivity contribution >= 4 is 25.4 Å².